The molecule has 0 saturated carbocycles. The fraction of sp³-hybridized carbons (Fsp3) is 0.308. The lowest BCUT2D eigenvalue weighted by Gasteiger charge is -2.26. The van der Waals surface area contributed by atoms with Crippen LogP contribution in [0.25, 0.3) is 10.8 Å². The summed E-state index contributed by atoms with van der Waals surface area (Å²) in [5, 5.41) is 21.9. The minimum Gasteiger partial charge on any atom is -0.409 e. The molecule has 0 spiro atoms. The molecule has 0 aliphatic rings. The van der Waals surface area contributed by atoms with Crippen LogP contribution in [0, 0.1) is 0 Å². The summed E-state index contributed by atoms with van der Waals surface area (Å²) in [7, 11) is 1.92. The van der Waals surface area contributed by atoms with E-state index in [1.807, 2.05) is 43.1 Å². The second kappa shape index (κ2) is 5.51. The highest BCUT2D eigenvalue weighted by molar-refractivity contribution is 5.91. The molecule has 2 rings (SSSR count). The number of nitrogens with zero attached hydrogens (tertiary/aromatic N) is 4. The van der Waals surface area contributed by atoms with Crippen molar-refractivity contribution in [3.8, 4) is 0 Å². The monoisotopic (exact) mass is 259 g/mol. The third-order valence-corrected chi connectivity index (χ3v) is 3.18. The van der Waals surface area contributed by atoms with Crippen LogP contribution in [-0.4, -0.2) is 34.3 Å². The maximum absolute atomic E-state index is 8.62. The SMILES string of the molecule is CC(CC(N)=NO)N(C)c1nncc2ccccc12. The second-order valence-corrected chi connectivity index (χ2v) is 4.51. The van der Waals surface area contributed by atoms with Gasteiger partial charge in [0, 0.05) is 30.3 Å². The van der Waals surface area contributed by atoms with Gasteiger partial charge in [0.2, 0.25) is 0 Å². The molecule has 0 amide bonds. The van der Waals surface area contributed by atoms with Crippen molar-refractivity contribution in [1.82, 2.24) is 10.2 Å². The highest BCUT2D eigenvalue weighted by Crippen LogP contribution is 2.24. The van der Waals surface area contributed by atoms with Crippen molar-refractivity contribution in [2.75, 3.05) is 11.9 Å². The molecule has 1 aromatic heterocycles. The van der Waals surface area contributed by atoms with Gasteiger partial charge in [-0.2, -0.15) is 5.10 Å². The first kappa shape index (κ1) is 13.1. The van der Waals surface area contributed by atoms with E-state index < -0.39 is 0 Å². The van der Waals surface area contributed by atoms with Gasteiger partial charge in [-0.15, -0.1) is 5.10 Å². The number of aromatic nitrogens is 2. The molecular weight excluding hydrogens is 242 g/mol. The number of nitrogens with two attached hydrogens (primary N) is 1. The van der Waals surface area contributed by atoms with Crippen LogP contribution < -0.4 is 10.6 Å². The predicted octanol–water partition coefficient (Wildman–Crippen LogP) is 1.59. The van der Waals surface area contributed by atoms with Crippen LogP contribution in [0.15, 0.2) is 35.6 Å². The van der Waals surface area contributed by atoms with E-state index in [1.165, 1.54) is 0 Å². The molecule has 6 nitrogen and oxygen atoms in total. The Morgan fingerprint density at radius 2 is 2.21 bits per heavy atom. The molecule has 3 N–H and O–H groups in total. The third kappa shape index (κ3) is 2.73. The molecule has 0 saturated heterocycles. The largest absolute Gasteiger partial charge is 0.409 e. The summed E-state index contributed by atoms with van der Waals surface area (Å²) >= 11 is 0. The van der Waals surface area contributed by atoms with Crippen molar-refractivity contribution in [3.05, 3.63) is 30.5 Å². The second-order valence-electron chi connectivity index (χ2n) is 4.51. The van der Waals surface area contributed by atoms with Crippen molar-refractivity contribution in [1.29, 1.82) is 0 Å². The van der Waals surface area contributed by atoms with Gasteiger partial charge in [-0.05, 0) is 6.92 Å². The Kier molecular flexibility index (Phi) is 3.79. The van der Waals surface area contributed by atoms with Gasteiger partial charge in [0.05, 0.1) is 6.20 Å². The number of anilines is 1. The fourth-order valence-corrected chi connectivity index (χ4v) is 1.96. The van der Waals surface area contributed by atoms with Crippen LogP contribution in [0.5, 0.6) is 0 Å². The molecule has 19 heavy (non-hydrogen) atoms. The summed E-state index contributed by atoms with van der Waals surface area (Å²) in [6.45, 7) is 1.99. The van der Waals surface area contributed by atoms with Gasteiger partial charge in [-0.1, -0.05) is 29.4 Å². The fourth-order valence-electron chi connectivity index (χ4n) is 1.96. The van der Waals surface area contributed by atoms with Crippen molar-refractivity contribution in [3.63, 3.8) is 0 Å². The molecular formula is C13H17N5O. The van der Waals surface area contributed by atoms with Crippen LogP contribution in [0.1, 0.15) is 13.3 Å². The van der Waals surface area contributed by atoms with E-state index in [-0.39, 0.29) is 11.9 Å². The molecule has 1 atom stereocenters. The maximum Gasteiger partial charge on any atom is 0.159 e. The summed E-state index contributed by atoms with van der Waals surface area (Å²) in [5.41, 5.74) is 5.54. The van der Waals surface area contributed by atoms with E-state index in [9.17, 15) is 0 Å². The van der Waals surface area contributed by atoms with E-state index in [4.69, 9.17) is 10.9 Å². The number of amidine groups is 1. The number of benzene rings is 1. The Labute approximate surface area is 111 Å². The maximum atomic E-state index is 8.62. The predicted molar refractivity (Wildman–Crippen MR) is 75.4 cm³/mol. The smallest absolute Gasteiger partial charge is 0.159 e. The summed E-state index contributed by atoms with van der Waals surface area (Å²) in [6.07, 6.45) is 2.19. The molecule has 0 bridgehead atoms. The number of rotatable bonds is 4. The summed E-state index contributed by atoms with van der Waals surface area (Å²) in [6, 6.07) is 7.99. The van der Waals surface area contributed by atoms with Gasteiger partial charge in [0.15, 0.2) is 5.82 Å². The highest BCUT2D eigenvalue weighted by atomic mass is 16.4. The summed E-state index contributed by atoms with van der Waals surface area (Å²) in [4.78, 5) is 1.98. The Morgan fingerprint density at radius 1 is 1.47 bits per heavy atom. The average molecular weight is 259 g/mol. The minimum atomic E-state index is 0.0519. The lowest BCUT2D eigenvalue weighted by molar-refractivity contribution is 0.316. The Bertz CT molecular complexity index is 593. The lowest BCUT2D eigenvalue weighted by atomic mass is 10.1. The van der Waals surface area contributed by atoms with Crippen molar-refractivity contribution in [2.45, 2.75) is 19.4 Å². The first-order valence-electron chi connectivity index (χ1n) is 6.03. The van der Waals surface area contributed by atoms with E-state index in [0.29, 0.717) is 6.42 Å². The highest BCUT2D eigenvalue weighted by Gasteiger charge is 2.15. The van der Waals surface area contributed by atoms with Crippen molar-refractivity contribution >= 4 is 22.4 Å². The molecule has 100 valence electrons. The van der Waals surface area contributed by atoms with Crippen LogP contribution in [-0.2, 0) is 0 Å². The number of hydrogen-bond acceptors (Lipinski definition) is 5. The van der Waals surface area contributed by atoms with E-state index in [0.717, 1.165) is 16.6 Å². The normalized spacial score (nSPS) is 13.5. The topological polar surface area (TPSA) is 87.6 Å². The summed E-state index contributed by atoms with van der Waals surface area (Å²) in [5.74, 6) is 0.990. The number of fused-ring (bicyclic) bond motifs is 1. The van der Waals surface area contributed by atoms with Crippen molar-refractivity contribution < 1.29 is 5.21 Å². The summed E-state index contributed by atoms with van der Waals surface area (Å²) < 4.78 is 0. The van der Waals surface area contributed by atoms with E-state index in [2.05, 4.69) is 15.4 Å². The zero-order valence-electron chi connectivity index (χ0n) is 11.0. The molecule has 1 unspecified atom stereocenters. The van der Waals surface area contributed by atoms with Gasteiger partial charge < -0.3 is 15.8 Å². The van der Waals surface area contributed by atoms with Gasteiger partial charge in [-0.25, -0.2) is 0 Å². The first-order valence-corrected chi connectivity index (χ1v) is 6.03. The Hall–Kier alpha value is -2.37. The first-order chi connectivity index (χ1) is 9.13. The minimum absolute atomic E-state index is 0.0519. The molecule has 0 radical (unpaired) electrons. The van der Waals surface area contributed by atoms with E-state index in [1.54, 1.807) is 6.20 Å². The van der Waals surface area contributed by atoms with Gasteiger partial charge in [0.25, 0.3) is 0 Å². The molecule has 0 fully saturated rings. The molecule has 0 aliphatic carbocycles. The van der Waals surface area contributed by atoms with Gasteiger partial charge in [-0.3, -0.25) is 0 Å². The van der Waals surface area contributed by atoms with Gasteiger partial charge >= 0.3 is 0 Å². The number of oxime groups is 1. The van der Waals surface area contributed by atoms with E-state index >= 15 is 0 Å². The zero-order chi connectivity index (χ0) is 13.8. The Morgan fingerprint density at radius 3 is 2.95 bits per heavy atom. The third-order valence-electron chi connectivity index (χ3n) is 3.18. The van der Waals surface area contributed by atoms with Gasteiger partial charge in [0.1, 0.15) is 5.84 Å². The average Bonchev–Trinajstić information content (AvgIpc) is 2.45. The van der Waals surface area contributed by atoms with Crippen LogP contribution in [0.2, 0.25) is 0 Å². The molecule has 2 aromatic rings. The Balaban J connectivity index is 2.33. The molecule has 1 heterocycles. The van der Waals surface area contributed by atoms with Crippen molar-refractivity contribution in [2.24, 2.45) is 10.9 Å². The molecule has 6 heteroatoms. The van der Waals surface area contributed by atoms with Crippen LogP contribution in [0.3, 0.4) is 0 Å². The number of hydrogen-bond donors (Lipinski definition) is 2. The molecule has 1 aromatic carbocycles. The molecule has 0 aliphatic heterocycles. The standard InChI is InChI=1S/C13H17N5O/c1-9(7-12(14)17-19)18(2)13-11-6-4-3-5-10(11)8-15-16-13/h3-6,8-9,19H,7H2,1-2H3,(H2,14,17). The lowest BCUT2D eigenvalue weighted by Crippen LogP contribution is -2.34. The zero-order valence-corrected chi connectivity index (χ0v) is 11.0. The van der Waals surface area contributed by atoms with Crippen LogP contribution >= 0.6 is 0 Å². The quantitative estimate of drug-likeness (QED) is 0.377. The van der Waals surface area contributed by atoms with Crippen LogP contribution in [0.4, 0.5) is 5.82 Å².